The molecule has 0 fully saturated rings. The number of aromatic nitrogens is 2. The molecule has 0 unspecified atom stereocenters. The number of amidine groups is 1. The number of nitrogens with zero attached hydrogens (tertiary/aromatic N) is 3. The third-order valence-electron chi connectivity index (χ3n) is 3.74. The lowest BCUT2D eigenvalue weighted by Crippen LogP contribution is -2.27. The first-order valence-corrected chi connectivity index (χ1v) is 7.94. The van der Waals surface area contributed by atoms with Crippen LogP contribution in [0, 0.1) is 13.8 Å². The third kappa shape index (κ3) is 3.56. The van der Waals surface area contributed by atoms with Crippen molar-refractivity contribution >= 4 is 16.9 Å². The molecule has 0 saturated heterocycles. The number of imidazole rings is 1. The Morgan fingerprint density at radius 2 is 2.05 bits per heavy atom. The number of benzene rings is 1. The van der Waals surface area contributed by atoms with Crippen molar-refractivity contribution in [2.45, 2.75) is 34.1 Å². The molecule has 0 atom stereocenters. The molecule has 118 valence electrons. The van der Waals surface area contributed by atoms with E-state index in [1.165, 1.54) is 5.56 Å². The van der Waals surface area contributed by atoms with Gasteiger partial charge in [-0.3, -0.25) is 4.99 Å². The summed E-state index contributed by atoms with van der Waals surface area (Å²) in [4.78, 5) is 14.8. The standard InChI is InChI=1S/C18H26N4/c1-6-8-9-10-19-18(22(5)7-2)15-11-13(3)17-16(12-15)20-14(4)21-17/h8-9,11-12H,6-7,10H2,1-5H3,(H,20,21)/b9-8-,19-18?. The third-order valence-corrected chi connectivity index (χ3v) is 3.74. The van der Waals surface area contributed by atoms with Crippen LogP contribution in [0.1, 0.15) is 37.2 Å². The number of fused-ring (bicyclic) bond motifs is 1. The van der Waals surface area contributed by atoms with Crippen molar-refractivity contribution in [1.82, 2.24) is 14.9 Å². The molecule has 1 heterocycles. The van der Waals surface area contributed by atoms with Gasteiger partial charge in [-0.15, -0.1) is 0 Å². The number of allylic oxidation sites excluding steroid dienone is 1. The zero-order chi connectivity index (χ0) is 16.1. The summed E-state index contributed by atoms with van der Waals surface area (Å²) < 4.78 is 0. The van der Waals surface area contributed by atoms with Crippen molar-refractivity contribution in [3.63, 3.8) is 0 Å². The van der Waals surface area contributed by atoms with E-state index >= 15 is 0 Å². The maximum atomic E-state index is 4.78. The van der Waals surface area contributed by atoms with E-state index in [0.717, 1.165) is 41.2 Å². The van der Waals surface area contributed by atoms with Gasteiger partial charge in [0.25, 0.3) is 0 Å². The number of hydrogen-bond donors (Lipinski definition) is 1. The molecular formula is C18H26N4. The topological polar surface area (TPSA) is 44.3 Å². The van der Waals surface area contributed by atoms with Crippen molar-refractivity contribution in [2.75, 3.05) is 20.1 Å². The van der Waals surface area contributed by atoms with E-state index in [1.54, 1.807) is 0 Å². The SMILES string of the molecule is CC/C=C\CN=C(c1cc(C)c2nc(C)[nH]c2c1)N(C)CC. The van der Waals surface area contributed by atoms with Gasteiger partial charge in [0.1, 0.15) is 11.7 Å². The van der Waals surface area contributed by atoms with Crippen LogP contribution in [0.5, 0.6) is 0 Å². The van der Waals surface area contributed by atoms with Crippen molar-refractivity contribution in [2.24, 2.45) is 4.99 Å². The Kier molecular flexibility index (Phi) is 5.36. The minimum Gasteiger partial charge on any atom is -0.360 e. The van der Waals surface area contributed by atoms with Crippen LogP contribution < -0.4 is 0 Å². The molecule has 4 heteroatoms. The van der Waals surface area contributed by atoms with Gasteiger partial charge >= 0.3 is 0 Å². The zero-order valence-electron chi connectivity index (χ0n) is 14.3. The molecule has 0 amide bonds. The van der Waals surface area contributed by atoms with Crippen LogP contribution in [0.15, 0.2) is 29.3 Å². The minimum absolute atomic E-state index is 0.715. The maximum Gasteiger partial charge on any atom is 0.131 e. The lowest BCUT2D eigenvalue weighted by atomic mass is 10.1. The van der Waals surface area contributed by atoms with Crippen LogP contribution in [-0.2, 0) is 0 Å². The zero-order valence-corrected chi connectivity index (χ0v) is 14.3. The monoisotopic (exact) mass is 298 g/mol. The Hall–Kier alpha value is -2.10. The normalized spacial score (nSPS) is 12.5. The predicted molar refractivity (Wildman–Crippen MR) is 94.7 cm³/mol. The van der Waals surface area contributed by atoms with Gasteiger partial charge < -0.3 is 9.88 Å². The van der Waals surface area contributed by atoms with Gasteiger partial charge in [-0.1, -0.05) is 19.1 Å². The highest BCUT2D eigenvalue weighted by atomic mass is 15.2. The van der Waals surface area contributed by atoms with Crippen LogP contribution >= 0.6 is 0 Å². The number of aryl methyl sites for hydroxylation is 2. The van der Waals surface area contributed by atoms with Gasteiger partial charge in [-0.2, -0.15) is 0 Å². The number of H-pyrrole nitrogens is 1. The number of hydrogen-bond acceptors (Lipinski definition) is 2. The summed E-state index contributed by atoms with van der Waals surface area (Å²) in [6.07, 6.45) is 5.32. The van der Waals surface area contributed by atoms with Crippen molar-refractivity contribution < 1.29 is 0 Å². The van der Waals surface area contributed by atoms with Crippen molar-refractivity contribution in [1.29, 1.82) is 0 Å². The smallest absolute Gasteiger partial charge is 0.131 e. The molecule has 1 N–H and O–H groups in total. The summed E-state index contributed by atoms with van der Waals surface area (Å²) in [5.74, 6) is 1.98. The fourth-order valence-electron chi connectivity index (χ4n) is 2.51. The molecule has 4 nitrogen and oxygen atoms in total. The average Bonchev–Trinajstić information content (AvgIpc) is 2.87. The van der Waals surface area contributed by atoms with Crippen molar-refractivity contribution in [3.8, 4) is 0 Å². The van der Waals surface area contributed by atoms with E-state index in [4.69, 9.17) is 4.99 Å². The molecule has 0 aliphatic carbocycles. The average molecular weight is 298 g/mol. The lowest BCUT2D eigenvalue weighted by molar-refractivity contribution is 0.534. The molecule has 0 saturated carbocycles. The molecular weight excluding hydrogens is 272 g/mol. The predicted octanol–water partition coefficient (Wildman–Crippen LogP) is 3.84. The van der Waals surface area contributed by atoms with E-state index in [-0.39, 0.29) is 0 Å². The first kappa shape index (κ1) is 16.3. The van der Waals surface area contributed by atoms with E-state index in [2.05, 4.69) is 67.0 Å². The van der Waals surface area contributed by atoms with Crippen LogP contribution in [-0.4, -0.2) is 40.8 Å². The quantitative estimate of drug-likeness (QED) is 0.518. The number of aromatic amines is 1. The molecule has 2 rings (SSSR count). The number of nitrogens with one attached hydrogen (secondary N) is 1. The highest BCUT2D eigenvalue weighted by Gasteiger charge is 2.12. The Labute approximate surface area is 133 Å². The fourth-order valence-corrected chi connectivity index (χ4v) is 2.51. The summed E-state index contributed by atoms with van der Waals surface area (Å²) in [6.45, 7) is 10.0. The van der Waals surface area contributed by atoms with Gasteiger partial charge in [0.15, 0.2) is 0 Å². The molecule has 22 heavy (non-hydrogen) atoms. The van der Waals surface area contributed by atoms with E-state index in [0.29, 0.717) is 6.54 Å². The first-order valence-electron chi connectivity index (χ1n) is 7.94. The number of aliphatic imine (C=N–C) groups is 1. The Morgan fingerprint density at radius 3 is 2.73 bits per heavy atom. The van der Waals surface area contributed by atoms with Crippen LogP contribution in [0.25, 0.3) is 11.0 Å². The van der Waals surface area contributed by atoms with Gasteiger partial charge in [-0.25, -0.2) is 4.98 Å². The molecule has 0 radical (unpaired) electrons. The second-order valence-corrected chi connectivity index (χ2v) is 5.57. The molecule has 2 aromatic rings. The van der Waals surface area contributed by atoms with Gasteiger partial charge in [0.05, 0.1) is 17.6 Å². The first-order chi connectivity index (χ1) is 10.6. The molecule has 1 aromatic heterocycles. The summed E-state index contributed by atoms with van der Waals surface area (Å²) in [5.41, 5.74) is 4.44. The molecule has 1 aromatic carbocycles. The second kappa shape index (κ2) is 7.25. The summed E-state index contributed by atoms with van der Waals surface area (Å²) in [5, 5.41) is 0. The molecule has 0 aliphatic heterocycles. The van der Waals surface area contributed by atoms with E-state index in [1.807, 2.05) is 6.92 Å². The van der Waals surface area contributed by atoms with Crippen molar-refractivity contribution in [3.05, 3.63) is 41.2 Å². The van der Waals surface area contributed by atoms with E-state index < -0.39 is 0 Å². The van der Waals surface area contributed by atoms with Crippen LogP contribution in [0.2, 0.25) is 0 Å². The Balaban J connectivity index is 2.44. The summed E-state index contributed by atoms with van der Waals surface area (Å²) in [6, 6.07) is 4.33. The van der Waals surface area contributed by atoms with Crippen LogP contribution in [0.3, 0.4) is 0 Å². The van der Waals surface area contributed by atoms with Gasteiger partial charge in [0.2, 0.25) is 0 Å². The van der Waals surface area contributed by atoms with E-state index in [9.17, 15) is 0 Å². The summed E-state index contributed by atoms with van der Waals surface area (Å²) >= 11 is 0. The highest BCUT2D eigenvalue weighted by Crippen LogP contribution is 2.20. The molecule has 0 aliphatic rings. The lowest BCUT2D eigenvalue weighted by Gasteiger charge is -2.20. The summed E-state index contributed by atoms with van der Waals surface area (Å²) in [7, 11) is 2.08. The Bertz CT molecular complexity index is 694. The van der Waals surface area contributed by atoms with Crippen LogP contribution in [0.4, 0.5) is 0 Å². The fraction of sp³-hybridized carbons (Fsp3) is 0.444. The van der Waals surface area contributed by atoms with Gasteiger partial charge in [-0.05, 0) is 44.9 Å². The Morgan fingerprint density at radius 1 is 1.27 bits per heavy atom. The molecule has 0 bridgehead atoms. The number of rotatable bonds is 5. The highest BCUT2D eigenvalue weighted by molar-refractivity contribution is 6.01. The second-order valence-electron chi connectivity index (χ2n) is 5.57. The van der Waals surface area contributed by atoms with Gasteiger partial charge in [0, 0.05) is 19.2 Å². The minimum atomic E-state index is 0.715. The molecule has 0 spiro atoms. The maximum absolute atomic E-state index is 4.78. The largest absolute Gasteiger partial charge is 0.360 e.